The SMILES string of the molecule is Cc1cc2c(n1C(C)CC(C)C)CCCC2O. The first-order valence-electron chi connectivity index (χ1n) is 6.89. The summed E-state index contributed by atoms with van der Waals surface area (Å²) < 4.78 is 2.46. The van der Waals surface area contributed by atoms with E-state index in [1.165, 1.54) is 23.4 Å². The van der Waals surface area contributed by atoms with Crippen LogP contribution in [0.2, 0.25) is 0 Å². The van der Waals surface area contributed by atoms with Gasteiger partial charge in [0.15, 0.2) is 0 Å². The number of hydrogen-bond donors (Lipinski definition) is 1. The first kappa shape index (κ1) is 12.7. The van der Waals surface area contributed by atoms with Crippen molar-refractivity contribution in [3.63, 3.8) is 0 Å². The number of nitrogens with zero attached hydrogens (tertiary/aromatic N) is 1. The molecule has 1 aliphatic rings. The van der Waals surface area contributed by atoms with Crippen molar-refractivity contribution in [2.45, 2.75) is 65.5 Å². The third-order valence-electron chi connectivity index (χ3n) is 3.87. The van der Waals surface area contributed by atoms with Crippen LogP contribution >= 0.6 is 0 Å². The molecule has 2 nitrogen and oxygen atoms in total. The Hall–Kier alpha value is -0.760. The number of aliphatic hydroxyl groups is 1. The van der Waals surface area contributed by atoms with Crippen molar-refractivity contribution in [3.8, 4) is 0 Å². The second kappa shape index (κ2) is 4.85. The standard InChI is InChI=1S/C15H25NO/c1-10(2)8-11(3)16-12(4)9-13-14(16)6-5-7-15(13)17/h9-11,15,17H,5-8H2,1-4H3. The van der Waals surface area contributed by atoms with Crippen LogP contribution in [0.1, 0.15) is 69.1 Å². The van der Waals surface area contributed by atoms with Crippen LogP contribution in [-0.2, 0) is 6.42 Å². The average Bonchev–Trinajstić information content (AvgIpc) is 2.55. The molecule has 1 aromatic rings. The highest BCUT2D eigenvalue weighted by Crippen LogP contribution is 2.35. The molecule has 0 amide bonds. The van der Waals surface area contributed by atoms with Crippen molar-refractivity contribution in [3.05, 3.63) is 23.0 Å². The molecule has 96 valence electrons. The Labute approximate surface area is 105 Å². The lowest BCUT2D eigenvalue weighted by Gasteiger charge is -2.25. The number of fused-ring (bicyclic) bond motifs is 1. The van der Waals surface area contributed by atoms with E-state index in [0.29, 0.717) is 6.04 Å². The predicted octanol–water partition coefficient (Wildman–Crippen LogP) is 3.77. The monoisotopic (exact) mass is 235 g/mol. The zero-order chi connectivity index (χ0) is 12.6. The van der Waals surface area contributed by atoms with Crippen LogP contribution in [0.4, 0.5) is 0 Å². The Kier molecular flexibility index (Phi) is 3.62. The van der Waals surface area contributed by atoms with Crippen molar-refractivity contribution in [1.82, 2.24) is 4.57 Å². The zero-order valence-corrected chi connectivity index (χ0v) is 11.5. The first-order chi connectivity index (χ1) is 8.00. The van der Waals surface area contributed by atoms with Gasteiger partial charge >= 0.3 is 0 Å². The zero-order valence-electron chi connectivity index (χ0n) is 11.5. The Bertz CT molecular complexity index is 392. The molecule has 0 bridgehead atoms. The van der Waals surface area contributed by atoms with Gasteiger partial charge in [0, 0.05) is 23.0 Å². The fourth-order valence-corrected chi connectivity index (χ4v) is 3.30. The maximum absolute atomic E-state index is 10.0. The maximum atomic E-state index is 10.0. The van der Waals surface area contributed by atoms with Crippen LogP contribution in [0.5, 0.6) is 0 Å². The highest BCUT2D eigenvalue weighted by molar-refractivity contribution is 5.32. The molecule has 2 heteroatoms. The van der Waals surface area contributed by atoms with E-state index in [1.807, 2.05) is 0 Å². The Balaban J connectivity index is 2.34. The molecular formula is C15H25NO. The minimum Gasteiger partial charge on any atom is -0.388 e. The smallest absolute Gasteiger partial charge is 0.0807 e. The Morgan fingerprint density at radius 1 is 1.41 bits per heavy atom. The van der Waals surface area contributed by atoms with Gasteiger partial charge in [-0.2, -0.15) is 0 Å². The first-order valence-corrected chi connectivity index (χ1v) is 6.89. The van der Waals surface area contributed by atoms with Crippen LogP contribution in [0.25, 0.3) is 0 Å². The number of hydrogen-bond acceptors (Lipinski definition) is 1. The Morgan fingerprint density at radius 2 is 2.12 bits per heavy atom. The molecule has 1 aliphatic carbocycles. The van der Waals surface area contributed by atoms with Gasteiger partial charge < -0.3 is 9.67 Å². The molecule has 0 radical (unpaired) electrons. The minimum atomic E-state index is -0.232. The summed E-state index contributed by atoms with van der Waals surface area (Å²) in [6.07, 6.45) is 4.15. The summed E-state index contributed by atoms with van der Waals surface area (Å²) in [5.74, 6) is 0.718. The van der Waals surface area contributed by atoms with Gasteiger partial charge in [0.25, 0.3) is 0 Å². The van der Waals surface area contributed by atoms with Gasteiger partial charge in [-0.05, 0) is 51.5 Å². The molecule has 0 saturated carbocycles. The molecule has 1 heterocycles. The fraction of sp³-hybridized carbons (Fsp3) is 0.733. The molecule has 0 aromatic carbocycles. The highest BCUT2D eigenvalue weighted by Gasteiger charge is 2.24. The summed E-state index contributed by atoms with van der Waals surface area (Å²) in [5.41, 5.74) is 3.88. The van der Waals surface area contributed by atoms with E-state index >= 15 is 0 Å². The van der Waals surface area contributed by atoms with Gasteiger partial charge in [-0.25, -0.2) is 0 Å². The van der Waals surface area contributed by atoms with E-state index in [4.69, 9.17) is 0 Å². The number of aryl methyl sites for hydroxylation is 1. The van der Waals surface area contributed by atoms with Crippen molar-refractivity contribution in [1.29, 1.82) is 0 Å². The third kappa shape index (κ3) is 2.42. The molecule has 0 fully saturated rings. The number of rotatable bonds is 3. The largest absolute Gasteiger partial charge is 0.388 e. The summed E-state index contributed by atoms with van der Waals surface area (Å²) in [6.45, 7) is 9.02. The van der Waals surface area contributed by atoms with E-state index in [-0.39, 0.29) is 6.10 Å². The second-order valence-electron chi connectivity index (χ2n) is 5.94. The number of aromatic nitrogens is 1. The van der Waals surface area contributed by atoms with Crippen molar-refractivity contribution >= 4 is 0 Å². The van der Waals surface area contributed by atoms with Crippen LogP contribution < -0.4 is 0 Å². The average molecular weight is 235 g/mol. The normalized spacial score (nSPS) is 21.6. The lowest BCUT2D eigenvalue weighted by Crippen LogP contribution is -2.16. The van der Waals surface area contributed by atoms with E-state index in [1.54, 1.807) is 0 Å². The van der Waals surface area contributed by atoms with E-state index in [9.17, 15) is 5.11 Å². The molecule has 0 saturated heterocycles. The molecule has 2 atom stereocenters. The second-order valence-corrected chi connectivity index (χ2v) is 5.94. The van der Waals surface area contributed by atoms with Crippen molar-refractivity contribution in [2.75, 3.05) is 0 Å². The van der Waals surface area contributed by atoms with Gasteiger partial charge in [-0.15, -0.1) is 0 Å². The molecule has 1 aromatic heterocycles. The van der Waals surface area contributed by atoms with E-state index < -0.39 is 0 Å². The lowest BCUT2D eigenvalue weighted by molar-refractivity contribution is 0.155. The van der Waals surface area contributed by atoms with Crippen molar-refractivity contribution < 1.29 is 5.11 Å². The quantitative estimate of drug-likeness (QED) is 0.847. The van der Waals surface area contributed by atoms with Crippen LogP contribution in [0.3, 0.4) is 0 Å². The molecule has 1 N–H and O–H groups in total. The molecular weight excluding hydrogens is 210 g/mol. The molecule has 17 heavy (non-hydrogen) atoms. The van der Waals surface area contributed by atoms with E-state index in [2.05, 4.69) is 38.3 Å². The van der Waals surface area contributed by atoms with Crippen LogP contribution in [0.15, 0.2) is 6.07 Å². The van der Waals surface area contributed by atoms with Gasteiger partial charge in [0.1, 0.15) is 0 Å². The maximum Gasteiger partial charge on any atom is 0.0807 e. The van der Waals surface area contributed by atoms with Crippen LogP contribution in [-0.4, -0.2) is 9.67 Å². The van der Waals surface area contributed by atoms with Gasteiger partial charge in [-0.3, -0.25) is 0 Å². The summed E-state index contributed by atoms with van der Waals surface area (Å²) in [4.78, 5) is 0. The molecule has 2 unspecified atom stereocenters. The van der Waals surface area contributed by atoms with E-state index in [0.717, 1.165) is 25.2 Å². The molecule has 0 spiro atoms. The minimum absolute atomic E-state index is 0.232. The van der Waals surface area contributed by atoms with Crippen molar-refractivity contribution in [2.24, 2.45) is 5.92 Å². The highest BCUT2D eigenvalue weighted by atomic mass is 16.3. The summed E-state index contributed by atoms with van der Waals surface area (Å²) >= 11 is 0. The number of aliphatic hydroxyl groups excluding tert-OH is 1. The molecule has 0 aliphatic heterocycles. The summed E-state index contributed by atoms with van der Waals surface area (Å²) in [6, 6.07) is 2.74. The third-order valence-corrected chi connectivity index (χ3v) is 3.87. The van der Waals surface area contributed by atoms with Crippen LogP contribution in [0, 0.1) is 12.8 Å². The molecule has 2 rings (SSSR count). The fourth-order valence-electron chi connectivity index (χ4n) is 3.30. The van der Waals surface area contributed by atoms with Gasteiger partial charge in [0.2, 0.25) is 0 Å². The Morgan fingerprint density at radius 3 is 2.76 bits per heavy atom. The predicted molar refractivity (Wildman–Crippen MR) is 71.2 cm³/mol. The lowest BCUT2D eigenvalue weighted by atomic mass is 9.94. The summed E-state index contributed by atoms with van der Waals surface area (Å²) in [7, 11) is 0. The topological polar surface area (TPSA) is 25.2 Å². The summed E-state index contributed by atoms with van der Waals surface area (Å²) in [5, 5.41) is 10.0. The van der Waals surface area contributed by atoms with Gasteiger partial charge in [0.05, 0.1) is 6.10 Å². The van der Waals surface area contributed by atoms with Gasteiger partial charge in [-0.1, -0.05) is 13.8 Å².